The van der Waals surface area contributed by atoms with Crippen molar-refractivity contribution in [1.82, 2.24) is 4.72 Å². The molecule has 0 bridgehead atoms. The molecule has 1 aromatic rings. The van der Waals surface area contributed by atoms with Crippen molar-refractivity contribution in [2.75, 3.05) is 5.73 Å². The molecule has 0 saturated heterocycles. The number of rotatable bonds is 7. The molecular weight excluding hydrogens is 340 g/mol. The first-order valence-corrected chi connectivity index (χ1v) is 9.07. The number of sulfonamides is 1. The third-order valence-electron chi connectivity index (χ3n) is 3.04. The van der Waals surface area contributed by atoms with E-state index in [0.29, 0.717) is 10.4 Å². The van der Waals surface area contributed by atoms with Crippen LogP contribution in [0, 0.1) is 5.92 Å². The predicted octanol–water partition coefficient (Wildman–Crippen LogP) is 3.52. The standard InChI is InChI=1S/C14H23BrN2O2S/c1-10(2)5-4-6-11(3)17-20(18,19)14-9-12(15)7-8-13(14)16/h7-11,17H,4-6,16H2,1-3H3. The minimum atomic E-state index is -3.57. The molecule has 0 aliphatic rings. The molecule has 1 rings (SSSR count). The maximum atomic E-state index is 12.3. The van der Waals surface area contributed by atoms with E-state index in [2.05, 4.69) is 34.5 Å². The van der Waals surface area contributed by atoms with Crippen molar-refractivity contribution in [3.05, 3.63) is 22.7 Å². The second-order valence-corrected chi connectivity index (χ2v) is 8.13. The van der Waals surface area contributed by atoms with E-state index in [1.165, 1.54) is 6.07 Å². The quantitative estimate of drug-likeness (QED) is 0.728. The van der Waals surface area contributed by atoms with Gasteiger partial charge >= 0.3 is 0 Å². The molecule has 3 N–H and O–H groups in total. The Morgan fingerprint density at radius 1 is 1.25 bits per heavy atom. The topological polar surface area (TPSA) is 72.2 Å². The maximum Gasteiger partial charge on any atom is 0.242 e. The lowest BCUT2D eigenvalue weighted by Gasteiger charge is -2.16. The summed E-state index contributed by atoms with van der Waals surface area (Å²) in [5, 5.41) is 0. The lowest BCUT2D eigenvalue weighted by atomic mass is 10.0. The zero-order valence-electron chi connectivity index (χ0n) is 12.2. The highest BCUT2D eigenvalue weighted by molar-refractivity contribution is 9.10. The first-order valence-electron chi connectivity index (χ1n) is 6.79. The first-order chi connectivity index (χ1) is 9.22. The minimum absolute atomic E-state index is 0.0999. The Morgan fingerprint density at radius 2 is 1.90 bits per heavy atom. The van der Waals surface area contributed by atoms with E-state index in [1.54, 1.807) is 12.1 Å². The number of hydrogen-bond acceptors (Lipinski definition) is 3. The number of nitrogen functional groups attached to an aromatic ring is 1. The predicted molar refractivity (Wildman–Crippen MR) is 87.0 cm³/mol. The Labute approximate surface area is 130 Å². The fourth-order valence-electron chi connectivity index (χ4n) is 1.96. The summed E-state index contributed by atoms with van der Waals surface area (Å²) < 4.78 is 28.0. The van der Waals surface area contributed by atoms with Crippen LogP contribution in [-0.2, 0) is 10.0 Å². The van der Waals surface area contributed by atoms with E-state index >= 15 is 0 Å². The number of nitrogens with one attached hydrogen (secondary N) is 1. The molecule has 1 atom stereocenters. The fourth-order valence-corrected chi connectivity index (χ4v) is 3.91. The van der Waals surface area contributed by atoms with Crippen molar-refractivity contribution in [2.24, 2.45) is 5.92 Å². The van der Waals surface area contributed by atoms with Crippen molar-refractivity contribution in [3.63, 3.8) is 0 Å². The number of benzene rings is 1. The van der Waals surface area contributed by atoms with Crippen LogP contribution in [0.25, 0.3) is 0 Å². The second-order valence-electron chi connectivity index (χ2n) is 5.53. The van der Waals surface area contributed by atoms with E-state index in [0.717, 1.165) is 19.3 Å². The van der Waals surface area contributed by atoms with Crippen LogP contribution in [0.5, 0.6) is 0 Å². The molecule has 20 heavy (non-hydrogen) atoms. The van der Waals surface area contributed by atoms with Crippen LogP contribution in [0.3, 0.4) is 0 Å². The highest BCUT2D eigenvalue weighted by atomic mass is 79.9. The van der Waals surface area contributed by atoms with Gasteiger partial charge < -0.3 is 5.73 Å². The highest BCUT2D eigenvalue weighted by Gasteiger charge is 2.20. The monoisotopic (exact) mass is 362 g/mol. The van der Waals surface area contributed by atoms with Crippen molar-refractivity contribution >= 4 is 31.6 Å². The van der Waals surface area contributed by atoms with Gasteiger partial charge in [-0.15, -0.1) is 0 Å². The van der Waals surface area contributed by atoms with Gasteiger partial charge in [-0.2, -0.15) is 0 Å². The van der Waals surface area contributed by atoms with Gasteiger partial charge in [0.15, 0.2) is 0 Å². The van der Waals surface area contributed by atoms with Gasteiger partial charge in [-0.1, -0.05) is 42.6 Å². The van der Waals surface area contributed by atoms with Crippen LogP contribution < -0.4 is 10.5 Å². The van der Waals surface area contributed by atoms with Crippen LogP contribution in [0.15, 0.2) is 27.6 Å². The normalized spacial score (nSPS) is 13.7. The van der Waals surface area contributed by atoms with E-state index in [4.69, 9.17) is 5.73 Å². The summed E-state index contributed by atoms with van der Waals surface area (Å²) in [6.07, 6.45) is 2.94. The lowest BCUT2D eigenvalue weighted by Crippen LogP contribution is -2.33. The Bertz CT molecular complexity index is 544. The minimum Gasteiger partial charge on any atom is -0.398 e. The average Bonchev–Trinajstić information content (AvgIpc) is 2.31. The van der Waals surface area contributed by atoms with Gasteiger partial charge in [-0.05, 0) is 37.5 Å². The summed E-state index contributed by atoms with van der Waals surface area (Å²) in [6, 6.07) is 4.73. The second kappa shape index (κ2) is 7.43. The maximum absolute atomic E-state index is 12.3. The van der Waals surface area contributed by atoms with Gasteiger partial charge in [-0.3, -0.25) is 0 Å². The highest BCUT2D eigenvalue weighted by Crippen LogP contribution is 2.23. The summed E-state index contributed by atoms with van der Waals surface area (Å²) in [5.74, 6) is 0.638. The smallest absolute Gasteiger partial charge is 0.242 e. The summed E-state index contributed by atoms with van der Waals surface area (Å²) >= 11 is 3.27. The molecule has 1 aromatic carbocycles. The van der Waals surface area contributed by atoms with Crippen LogP contribution in [0.2, 0.25) is 0 Å². The molecule has 0 heterocycles. The Morgan fingerprint density at radius 3 is 2.50 bits per heavy atom. The summed E-state index contributed by atoms with van der Waals surface area (Å²) in [6.45, 7) is 6.21. The van der Waals surface area contributed by atoms with Gasteiger partial charge in [0.1, 0.15) is 4.90 Å². The van der Waals surface area contributed by atoms with E-state index in [-0.39, 0.29) is 16.6 Å². The molecule has 6 heteroatoms. The molecule has 0 aromatic heterocycles. The van der Waals surface area contributed by atoms with E-state index in [9.17, 15) is 8.42 Å². The van der Waals surface area contributed by atoms with Gasteiger partial charge in [0, 0.05) is 10.5 Å². The molecule has 0 aliphatic carbocycles. The van der Waals surface area contributed by atoms with E-state index < -0.39 is 10.0 Å². The molecule has 0 radical (unpaired) electrons. The van der Waals surface area contributed by atoms with Gasteiger partial charge in [0.25, 0.3) is 0 Å². The van der Waals surface area contributed by atoms with Crippen molar-refractivity contribution in [3.8, 4) is 0 Å². The fraction of sp³-hybridized carbons (Fsp3) is 0.571. The largest absolute Gasteiger partial charge is 0.398 e. The first kappa shape index (κ1) is 17.5. The molecule has 1 unspecified atom stereocenters. The molecule has 0 spiro atoms. The number of hydrogen-bond donors (Lipinski definition) is 2. The zero-order valence-corrected chi connectivity index (χ0v) is 14.6. The summed E-state index contributed by atoms with van der Waals surface area (Å²) in [5.41, 5.74) is 6.01. The van der Waals surface area contributed by atoms with Crippen LogP contribution in [0.1, 0.15) is 40.0 Å². The Kier molecular flexibility index (Phi) is 6.48. The number of halogens is 1. The molecule has 0 saturated carbocycles. The third kappa shape index (κ3) is 5.42. The van der Waals surface area contributed by atoms with Crippen LogP contribution in [-0.4, -0.2) is 14.5 Å². The van der Waals surface area contributed by atoms with Gasteiger partial charge in [0.05, 0.1) is 5.69 Å². The third-order valence-corrected chi connectivity index (χ3v) is 5.18. The van der Waals surface area contributed by atoms with E-state index in [1.807, 2.05) is 6.92 Å². The Balaban J connectivity index is 2.72. The number of anilines is 1. The van der Waals surface area contributed by atoms with Crippen molar-refractivity contribution in [2.45, 2.75) is 51.0 Å². The molecule has 0 amide bonds. The van der Waals surface area contributed by atoms with Crippen LogP contribution in [0.4, 0.5) is 5.69 Å². The lowest BCUT2D eigenvalue weighted by molar-refractivity contribution is 0.488. The zero-order chi connectivity index (χ0) is 15.3. The van der Waals surface area contributed by atoms with Crippen LogP contribution >= 0.6 is 15.9 Å². The molecule has 114 valence electrons. The van der Waals surface area contributed by atoms with Crippen molar-refractivity contribution in [1.29, 1.82) is 0 Å². The summed E-state index contributed by atoms with van der Waals surface area (Å²) in [7, 11) is -3.57. The molecule has 0 aliphatic heterocycles. The van der Waals surface area contributed by atoms with Gasteiger partial charge in [0.2, 0.25) is 10.0 Å². The SMILES string of the molecule is CC(C)CCCC(C)NS(=O)(=O)c1cc(Br)ccc1N. The van der Waals surface area contributed by atoms with Gasteiger partial charge in [-0.25, -0.2) is 13.1 Å². The molecular formula is C14H23BrN2O2S. The number of nitrogens with two attached hydrogens (primary N) is 1. The summed E-state index contributed by atoms with van der Waals surface area (Å²) in [4.78, 5) is 0.127. The molecule has 4 nitrogen and oxygen atoms in total. The average molecular weight is 363 g/mol. The molecule has 0 fully saturated rings. The van der Waals surface area contributed by atoms with Crippen molar-refractivity contribution < 1.29 is 8.42 Å². The Hall–Kier alpha value is -0.590.